The molecule has 0 radical (unpaired) electrons. The second kappa shape index (κ2) is 19.7. The zero-order valence-electron chi connectivity index (χ0n) is 22.5. The highest BCUT2D eigenvalue weighted by atomic mass is 16.4. The Labute approximate surface area is 240 Å². The van der Waals surface area contributed by atoms with Crippen LogP contribution in [0.3, 0.4) is 0 Å². The summed E-state index contributed by atoms with van der Waals surface area (Å²) in [6.07, 6.45) is -2.48. The van der Waals surface area contributed by atoms with Crippen LogP contribution >= 0.6 is 0 Å². The lowest BCUT2D eigenvalue weighted by molar-refractivity contribution is -0.138. The predicted molar refractivity (Wildman–Crippen MR) is 136 cm³/mol. The van der Waals surface area contributed by atoms with Crippen molar-refractivity contribution in [2.24, 2.45) is 42.5 Å². The van der Waals surface area contributed by atoms with E-state index in [0.29, 0.717) is 0 Å². The summed E-state index contributed by atoms with van der Waals surface area (Å²) >= 11 is 0. The molecule has 0 aliphatic carbocycles. The zero-order chi connectivity index (χ0) is 32.0. The first-order valence-corrected chi connectivity index (χ1v) is 12.5. The Hall–Kier alpha value is -5.36. The summed E-state index contributed by atoms with van der Waals surface area (Å²) in [4.78, 5) is 43.8. The Kier molecular flexibility index (Phi) is 17.2. The van der Waals surface area contributed by atoms with Gasteiger partial charge in [0.15, 0.2) is 11.1 Å². The van der Waals surface area contributed by atoms with Crippen molar-refractivity contribution < 1.29 is 39.6 Å². The summed E-state index contributed by atoms with van der Waals surface area (Å²) in [6.45, 7) is -1.46. The molecule has 224 valence electrons. The Morgan fingerprint density at radius 3 is 1.17 bits per heavy atom. The van der Waals surface area contributed by atoms with Gasteiger partial charge in [-0.25, -0.2) is 0 Å². The van der Waals surface area contributed by atoms with E-state index in [0.717, 1.165) is 0 Å². The summed E-state index contributed by atoms with van der Waals surface area (Å²) in [5.74, 6) is -6.31. The van der Waals surface area contributed by atoms with Gasteiger partial charge in [-0.1, -0.05) is 0 Å². The van der Waals surface area contributed by atoms with E-state index in [4.69, 9.17) is 30.9 Å². The number of carboxylic acids is 4. The van der Waals surface area contributed by atoms with Gasteiger partial charge in [0.1, 0.15) is 13.1 Å². The standard InChI is InChI=1S/C24H30N10O8/c25-9-17(1-3-19(35)36)11-29-31-15-23(13-27,7-5-21(39)40)33-34-24(14-28,8-6-22(41)42)16-32-30-12-18(10-26)2-4-20(37)38/h17-18H,1-8,11-12,15-16H2,(H,35,36)(H,37,38)(H,39,40)(H,41,42). The van der Waals surface area contributed by atoms with Crippen LogP contribution in [0, 0.1) is 57.2 Å². The zero-order valence-corrected chi connectivity index (χ0v) is 22.5. The van der Waals surface area contributed by atoms with E-state index in [2.05, 4.69) is 30.7 Å². The smallest absolute Gasteiger partial charge is 0.303 e. The first-order chi connectivity index (χ1) is 19.9. The molecule has 0 spiro atoms. The van der Waals surface area contributed by atoms with Crippen LogP contribution in [0.25, 0.3) is 0 Å². The topological polar surface area (TPSA) is 319 Å². The lowest BCUT2D eigenvalue weighted by Gasteiger charge is -2.22. The van der Waals surface area contributed by atoms with Gasteiger partial charge in [-0.15, -0.1) is 0 Å². The van der Waals surface area contributed by atoms with Gasteiger partial charge in [0.2, 0.25) is 0 Å². The molecule has 0 aliphatic rings. The normalized spacial score (nSPS) is 15.4. The first kappa shape index (κ1) is 36.6. The number of azo groups is 3. The predicted octanol–water partition coefficient (Wildman–Crippen LogP) is 2.61. The average Bonchev–Trinajstić information content (AvgIpc) is 2.95. The van der Waals surface area contributed by atoms with Crippen molar-refractivity contribution in [3.8, 4) is 24.3 Å². The molecule has 0 heterocycles. The van der Waals surface area contributed by atoms with Crippen LogP contribution in [0.15, 0.2) is 30.7 Å². The molecule has 4 atom stereocenters. The van der Waals surface area contributed by atoms with Gasteiger partial charge in [0.05, 0.1) is 49.2 Å². The van der Waals surface area contributed by atoms with E-state index in [1.54, 1.807) is 12.1 Å². The van der Waals surface area contributed by atoms with Crippen molar-refractivity contribution in [1.29, 1.82) is 21.0 Å². The quantitative estimate of drug-likeness (QED) is 0.133. The molecule has 0 saturated heterocycles. The van der Waals surface area contributed by atoms with Gasteiger partial charge in [-0.2, -0.15) is 51.7 Å². The summed E-state index contributed by atoms with van der Waals surface area (Å²) in [7, 11) is 0. The fourth-order valence-electron chi connectivity index (χ4n) is 3.00. The molecule has 0 bridgehead atoms. The van der Waals surface area contributed by atoms with Gasteiger partial charge in [0.25, 0.3) is 0 Å². The number of hydrogen-bond donors (Lipinski definition) is 4. The molecular weight excluding hydrogens is 556 g/mol. The highest BCUT2D eigenvalue weighted by molar-refractivity contribution is 5.67. The molecule has 0 rings (SSSR count). The molecule has 42 heavy (non-hydrogen) atoms. The highest BCUT2D eigenvalue weighted by Gasteiger charge is 2.36. The molecular formula is C24H30N10O8. The van der Waals surface area contributed by atoms with Crippen molar-refractivity contribution in [1.82, 2.24) is 0 Å². The minimum Gasteiger partial charge on any atom is -0.481 e. The molecule has 4 unspecified atom stereocenters. The summed E-state index contributed by atoms with van der Waals surface area (Å²) < 4.78 is 0. The second-order valence-electron chi connectivity index (χ2n) is 9.04. The summed E-state index contributed by atoms with van der Waals surface area (Å²) in [5.41, 5.74) is -3.90. The summed E-state index contributed by atoms with van der Waals surface area (Å²) in [6, 6.07) is 7.37. The number of nitriles is 4. The molecule has 0 aromatic carbocycles. The van der Waals surface area contributed by atoms with E-state index in [-0.39, 0.29) is 38.8 Å². The third-order valence-electron chi connectivity index (χ3n) is 5.60. The Balaban J connectivity index is 6.01. The van der Waals surface area contributed by atoms with Gasteiger partial charge in [-0.05, 0) is 12.8 Å². The maximum absolute atomic E-state index is 11.2. The molecule has 18 nitrogen and oxygen atoms in total. The van der Waals surface area contributed by atoms with Crippen molar-refractivity contribution in [2.45, 2.75) is 62.4 Å². The third-order valence-corrected chi connectivity index (χ3v) is 5.60. The fourth-order valence-corrected chi connectivity index (χ4v) is 3.00. The van der Waals surface area contributed by atoms with Crippen LogP contribution in [-0.4, -0.2) is 81.6 Å². The fraction of sp³-hybridized carbons (Fsp3) is 0.667. The monoisotopic (exact) mass is 586 g/mol. The molecule has 0 saturated carbocycles. The molecule has 0 aliphatic heterocycles. The number of carboxylic acid groups (broad SMARTS) is 4. The molecule has 0 amide bonds. The Morgan fingerprint density at radius 1 is 0.571 bits per heavy atom. The van der Waals surface area contributed by atoms with E-state index < -0.39 is 85.6 Å². The molecule has 4 N–H and O–H groups in total. The van der Waals surface area contributed by atoms with Crippen LogP contribution in [0.2, 0.25) is 0 Å². The minimum absolute atomic E-state index is 0.00443. The van der Waals surface area contributed by atoms with E-state index in [1.807, 2.05) is 12.1 Å². The van der Waals surface area contributed by atoms with Crippen LogP contribution in [0.5, 0.6) is 0 Å². The number of nitrogens with zero attached hydrogens (tertiary/aromatic N) is 10. The van der Waals surface area contributed by atoms with Crippen LogP contribution in [0.1, 0.15) is 51.4 Å². The average molecular weight is 587 g/mol. The Bertz CT molecular complexity index is 1120. The lowest BCUT2D eigenvalue weighted by Crippen LogP contribution is -2.33. The molecule has 0 aromatic heterocycles. The van der Waals surface area contributed by atoms with Gasteiger partial charge < -0.3 is 20.4 Å². The van der Waals surface area contributed by atoms with E-state index >= 15 is 0 Å². The molecule has 0 fully saturated rings. The molecule has 0 aromatic rings. The maximum atomic E-state index is 11.2. The van der Waals surface area contributed by atoms with Gasteiger partial charge in [0, 0.05) is 38.5 Å². The van der Waals surface area contributed by atoms with E-state index in [9.17, 15) is 29.7 Å². The van der Waals surface area contributed by atoms with Gasteiger partial charge >= 0.3 is 23.9 Å². The van der Waals surface area contributed by atoms with Crippen LogP contribution in [0.4, 0.5) is 0 Å². The van der Waals surface area contributed by atoms with Crippen molar-refractivity contribution in [3.63, 3.8) is 0 Å². The van der Waals surface area contributed by atoms with E-state index in [1.165, 1.54) is 0 Å². The summed E-state index contributed by atoms with van der Waals surface area (Å²) in [5, 5.41) is 96.8. The van der Waals surface area contributed by atoms with Crippen molar-refractivity contribution >= 4 is 23.9 Å². The van der Waals surface area contributed by atoms with Crippen molar-refractivity contribution in [3.05, 3.63) is 0 Å². The number of rotatable bonds is 22. The lowest BCUT2D eigenvalue weighted by atomic mass is 9.95. The van der Waals surface area contributed by atoms with Crippen LogP contribution in [-0.2, 0) is 19.2 Å². The Morgan fingerprint density at radius 2 is 0.905 bits per heavy atom. The first-order valence-electron chi connectivity index (χ1n) is 12.5. The SMILES string of the molecule is N#CC(CCC(=O)O)CN=NCC(C#N)(CCC(=O)O)N=NC(C#N)(CCC(=O)O)CN=NCC(C#N)CCC(=O)O. The largest absolute Gasteiger partial charge is 0.481 e. The van der Waals surface area contributed by atoms with Crippen molar-refractivity contribution in [2.75, 3.05) is 26.2 Å². The number of aliphatic carboxylic acids is 4. The van der Waals surface area contributed by atoms with Crippen LogP contribution < -0.4 is 0 Å². The minimum atomic E-state index is -1.95. The number of carbonyl (C=O) groups is 4. The second-order valence-corrected chi connectivity index (χ2v) is 9.04. The molecule has 18 heteroatoms. The highest BCUT2D eigenvalue weighted by Crippen LogP contribution is 2.26. The number of hydrogen-bond acceptors (Lipinski definition) is 14. The maximum Gasteiger partial charge on any atom is 0.303 e. The van der Waals surface area contributed by atoms with Gasteiger partial charge in [-0.3, -0.25) is 19.2 Å². The third kappa shape index (κ3) is 15.9.